The first-order valence-electron chi connectivity index (χ1n) is 8.67. The zero-order valence-corrected chi connectivity index (χ0v) is 13.7. The maximum absolute atomic E-state index is 12.0. The van der Waals surface area contributed by atoms with E-state index in [4.69, 9.17) is 5.73 Å². The van der Waals surface area contributed by atoms with Gasteiger partial charge in [-0.1, -0.05) is 36.4 Å². The van der Waals surface area contributed by atoms with Crippen LogP contribution in [0.25, 0.3) is 0 Å². The van der Waals surface area contributed by atoms with E-state index in [2.05, 4.69) is 28.8 Å². The van der Waals surface area contributed by atoms with Crippen molar-refractivity contribution in [1.29, 1.82) is 0 Å². The Labute approximate surface area is 142 Å². The first kappa shape index (κ1) is 15.4. The summed E-state index contributed by atoms with van der Waals surface area (Å²) in [7, 11) is 0. The molecule has 1 amide bonds. The van der Waals surface area contributed by atoms with E-state index in [0.717, 1.165) is 31.4 Å². The van der Waals surface area contributed by atoms with E-state index < -0.39 is 0 Å². The quantitative estimate of drug-likeness (QED) is 0.791. The summed E-state index contributed by atoms with van der Waals surface area (Å²) in [6.45, 7) is 0.761. The lowest BCUT2D eigenvalue weighted by Crippen LogP contribution is -2.36. The van der Waals surface area contributed by atoms with Crippen LogP contribution in [0.5, 0.6) is 0 Å². The number of nitrogens with one attached hydrogen (secondary N) is 2. The standard InChI is InChI=1S/C20H23N3O/c21-19-17-4-2-1-3-15(17)11-18(19)22-12-13-5-7-14(8-6-13)20(24)23-16-9-10-16/h1-8,16,18-19,22H,9-12,21H2,(H,23,24)/t18-,19-/m1/s1. The van der Waals surface area contributed by atoms with E-state index in [1.165, 1.54) is 16.7 Å². The molecule has 2 aromatic carbocycles. The van der Waals surface area contributed by atoms with E-state index in [1.54, 1.807) is 0 Å². The summed E-state index contributed by atoms with van der Waals surface area (Å²) in [5.41, 5.74) is 10.8. The summed E-state index contributed by atoms with van der Waals surface area (Å²) in [4.78, 5) is 12.0. The first-order chi connectivity index (χ1) is 11.7. The molecule has 124 valence electrons. The molecule has 1 fully saturated rings. The molecule has 4 rings (SSSR count). The van der Waals surface area contributed by atoms with Gasteiger partial charge in [0, 0.05) is 30.2 Å². The van der Waals surface area contributed by atoms with Crippen molar-refractivity contribution in [2.75, 3.05) is 0 Å². The smallest absolute Gasteiger partial charge is 0.251 e. The molecule has 2 aliphatic carbocycles. The average molecular weight is 321 g/mol. The van der Waals surface area contributed by atoms with Gasteiger partial charge in [0.15, 0.2) is 0 Å². The Kier molecular flexibility index (Phi) is 4.08. The maximum atomic E-state index is 12.0. The second kappa shape index (κ2) is 6.38. The zero-order chi connectivity index (χ0) is 16.5. The number of rotatable bonds is 5. The lowest BCUT2D eigenvalue weighted by Gasteiger charge is -2.18. The average Bonchev–Trinajstić information content (AvgIpc) is 3.37. The Morgan fingerprint density at radius 1 is 1.08 bits per heavy atom. The third-order valence-electron chi connectivity index (χ3n) is 4.98. The molecule has 0 radical (unpaired) electrons. The van der Waals surface area contributed by atoms with Crippen LogP contribution in [0, 0.1) is 0 Å². The van der Waals surface area contributed by atoms with Gasteiger partial charge >= 0.3 is 0 Å². The van der Waals surface area contributed by atoms with Crippen LogP contribution in [0.1, 0.15) is 45.9 Å². The molecule has 4 N–H and O–H groups in total. The van der Waals surface area contributed by atoms with Crippen LogP contribution in [0.3, 0.4) is 0 Å². The van der Waals surface area contributed by atoms with Crippen molar-refractivity contribution in [2.24, 2.45) is 5.73 Å². The number of carbonyl (C=O) groups excluding carboxylic acids is 1. The van der Waals surface area contributed by atoms with Gasteiger partial charge in [-0.3, -0.25) is 4.79 Å². The summed E-state index contributed by atoms with van der Waals surface area (Å²) in [5.74, 6) is 0.0327. The van der Waals surface area contributed by atoms with Gasteiger partial charge in [0.1, 0.15) is 0 Å². The van der Waals surface area contributed by atoms with Gasteiger partial charge in [0.2, 0.25) is 0 Å². The number of carbonyl (C=O) groups is 1. The molecule has 24 heavy (non-hydrogen) atoms. The van der Waals surface area contributed by atoms with Crippen molar-refractivity contribution in [2.45, 2.75) is 43.9 Å². The van der Waals surface area contributed by atoms with E-state index in [9.17, 15) is 4.79 Å². The zero-order valence-electron chi connectivity index (χ0n) is 13.7. The molecule has 0 saturated heterocycles. The fourth-order valence-electron chi connectivity index (χ4n) is 3.34. The molecule has 0 spiro atoms. The highest BCUT2D eigenvalue weighted by Gasteiger charge is 2.28. The largest absolute Gasteiger partial charge is 0.349 e. The van der Waals surface area contributed by atoms with Gasteiger partial charge in [0.05, 0.1) is 0 Å². The Morgan fingerprint density at radius 2 is 1.83 bits per heavy atom. The third-order valence-corrected chi connectivity index (χ3v) is 4.98. The Morgan fingerprint density at radius 3 is 2.54 bits per heavy atom. The monoisotopic (exact) mass is 321 g/mol. The SMILES string of the molecule is N[C@@H]1c2ccccc2C[C@H]1NCc1ccc(C(=O)NC2CC2)cc1. The minimum Gasteiger partial charge on any atom is -0.349 e. The van der Waals surface area contributed by atoms with E-state index >= 15 is 0 Å². The third kappa shape index (κ3) is 3.21. The first-order valence-corrected chi connectivity index (χ1v) is 8.67. The molecule has 2 aliphatic rings. The maximum Gasteiger partial charge on any atom is 0.251 e. The summed E-state index contributed by atoms with van der Waals surface area (Å²) in [5, 5.41) is 6.57. The van der Waals surface area contributed by atoms with Gasteiger partial charge in [-0.15, -0.1) is 0 Å². The molecule has 4 nitrogen and oxygen atoms in total. The Hall–Kier alpha value is -2.17. The van der Waals surface area contributed by atoms with Crippen LogP contribution in [-0.2, 0) is 13.0 Å². The summed E-state index contributed by atoms with van der Waals surface area (Å²) in [6, 6.07) is 16.9. The molecule has 2 atom stereocenters. The van der Waals surface area contributed by atoms with Crippen molar-refractivity contribution >= 4 is 5.91 Å². The lowest BCUT2D eigenvalue weighted by atomic mass is 10.1. The number of hydrogen-bond donors (Lipinski definition) is 3. The molecule has 2 aromatic rings. The predicted octanol–water partition coefficient (Wildman–Crippen LogP) is 2.29. The number of hydrogen-bond acceptors (Lipinski definition) is 3. The van der Waals surface area contributed by atoms with Gasteiger partial charge < -0.3 is 16.4 Å². The summed E-state index contributed by atoms with van der Waals surface area (Å²) < 4.78 is 0. The molecular weight excluding hydrogens is 298 g/mol. The molecule has 0 unspecified atom stereocenters. The highest BCUT2D eigenvalue weighted by Crippen LogP contribution is 2.29. The van der Waals surface area contributed by atoms with Gasteiger partial charge in [-0.25, -0.2) is 0 Å². The second-order valence-corrected chi connectivity index (χ2v) is 6.86. The van der Waals surface area contributed by atoms with Crippen LogP contribution >= 0.6 is 0 Å². The van der Waals surface area contributed by atoms with E-state index in [0.29, 0.717) is 6.04 Å². The van der Waals surface area contributed by atoms with Crippen molar-refractivity contribution in [1.82, 2.24) is 10.6 Å². The normalized spacial score (nSPS) is 22.2. The van der Waals surface area contributed by atoms with Crippen molar-refractivity contribution in [3.05, 3.63) is 70.8 Å². The molecule has 4 heteroatoms. The van der Waals surface area contributed by atoms with Crippen molar-refractivity contribution in [3.8, 4) is 0 Å². The van der Waals surface area contributed by atoms with Gasteiger partial charge in [-0.2, -0.15) is 0 Å². The van der Waals surface area contributed by atoms with E-state index in [-0.39, 0.29) is 18.0 Å². The summed E-state index contributed by atoms with van der Waals surface area (Å²) in [6.07, 6.45) is 3.19. The highest BCUT2D eigenvalue weighted by molar-refractivity contribution is 5.94. The fourth-order valence-corrected chi connectivity index (χ4v) is 3.34. The molecular formula is C20H23N3O. The predicted molar refractivity (Wildman–Crippen MR) is 94.6 cm³/mol. The Balaban J connectivity index is 1.34. The number of benzene rings is 2. The lowest BCUT2D eigenvalue weighted by molar-refractivity contribution is 0.0951. The van der Waals surface area contributed by atoms with Crippen molar-refractivity contribution < 1.29 is 4.79 Å². The molecule has 0 aliphatic heterocycles. The van der Waals surface area contributed by atoms with E-state index in [1.807, 2.05) is 30.3 Å². The van der Waals surface area contributed by atoms with Crippen molar-refractivity contribution in [3.63, 3.8) is 0 Å². The van der Waals surface area contributed by atoms with Gasteiger partial charge in [-0.05, 0) is 48.1 Å². The highest BCUT2D eigenvalue weighted by atomic mass is 16.1. The van der Waals surface area contributed by atoms with Crippen LogP contribution in [0.2, 0.25) is 0 Å². The molecule has 0 bridgehead atoms. The minimum absolute atomic E-state index is 0.0327. The number of amides is 1. The van der Waals surface area contributed by atoms with Crippen LogP contribution in [-0.4, -0.2) is 18.0 Å². The molecule has 0 heterocycles. The number of nitrogens with two attached hydrogens (primary N) is 1. The van der Waals surface area contributed by atoms with Crippen LogP contribution in [0.4, 0.5) is 0 Å². The van der Waals surface area contributed by atoms with Crippen LogP contribution < -0.4 is 16.4 Å². The fraction of sp³-hybridized carbons (Fsp3) is 0.350. The molecule has 1 saturated carbocycles. The second-order valence-electron chi connectivity index (χ2n) is 6.86. The minimum atomic E-state index is 0.0327. The molecule has 0 aromatic heterocycles. The van der Waals surface area contributed by atoms with Gasteiger partial charge in [0.25, 0.3) is 5.91 Å². The summed E-state index contributed by atoms with van der Waals surface area (Å²) >= 11 is 0. The number of fused-ring (bicyclic) bond motifs is 1. The topological polar surface area (TPSA) is 67.1 Å². The Bertz CT molecular complexity index is 737. The van der Waals surface area contributed by atoms with Crippen LogP contribution in [0.15, 0.2) is 48.5 Å².